The Labute approximate surface area is 165 Å². The smallest absolute Gasteiger partial charge is 0.248 e. The Bertz CT molecular complexity index is 760. The molecule has 0 saturated carbocycles. The highest BCUT2D eigenvalue weighted by molar-refractivity contribution is 7.99. The van der Waals surface area contributed by atoms with Crippen LogP contribution in [0.1, 0.15) is 29.2 Å². The number of carbonyl (C=O) groups excluding carboxylic acids is 1. The molecule has 2 aromatic carbocycles. The van der Waals surface area contributed by atoms with Gasteiger partial charge in [0.2, 0.25) is 5.91 Å². The number of thioether (sulfide) groups is 1. The van der Waals surface area contributed by atoms with Gasteiger partial charge in [-0.25, -0.2) is 0 Å². The zero-order chi connectivity index (χ0) is 18.9. The first kappa shape index (κ1) is 20.3. The molecule has 138 valence electrons. The Balaban J connectivity index is 1.73. The molecular formula is C20H25N3OS2. The number of para-hydroxylation sites is 1. The molecule has 3 N–H and O–H groups in total. The van der Waals surface area contributed by atoms with Crippen LogP contribution in [0.4, 0.5) is 5.69 Å². The summed E-state index contributed by atoms with van der Waals surface area (Å²) in [6.07, 6.45) is 0.911. The summed E-state index contributed by atoms with van der Waals surface area (Å²) in [6.45, 7) is 6.20. The van der Waals surface area contributed by atoms with E-state index in [1.165, 1.54) is 16.7 Å². The van der Waals surface area contributed by atoms with Gasteiger partial charge in [-0.1, -0.05) is 55.0 Å². The molecule has 0 spiro atoms. The summed E-state index contributed by atoms with van der Waals surface area (Å²) in [7, 11) is 0. The maximum Gasteiger partial charge on any atom is 0.248 e. The van der Waals surface area contributed by atoms with Crippen molar-refractivity contribution in [3.8, 4) is 0 Å². The number of carbonyl (C=O) groups is 1. The van der Waals surface area contributed by atoms with Crippen LogP contribution in [-0.4, -0.2) is 16.8 Å². The van der Waals surface area contributed by atoms with Gasteiger partial charge >= 0.3 is 0 Å². The first-order valence-electron chi connectivity index (χ1n) is 8.57. The molecule has 0 aromatic heterocycles. The second kappa shape index (κ2) is 10.2. The number of rotatable bonds is 6. The lowest BCUT2D eigenvalue weighted by atomic mass is 10.1. The maximum atomic E-state index is 12.0. The predicted octanol–water partition coefficient (Wildman–Crippen LogP) is 4.12. The van der Waals surface area contributed by atoms with Gasteiger partial charge in [0.1, 0.15) is 0 Å². The predicted molar refractivity (Wildman–Crippen MR) is 115 cm³/mol. The molecule has 6 heteroatoms. The Morgan fingerprint density at radius 3 is 2.50 bits per heavy atom. The summed E-state index contributed by atoms with van der Waals surface area (Å²) in [5.74, 6) is 1.07. The number of nitrogens with one attached hydrogen (secondary N) is 3. The van der Waals surface area contributed by atoms with E-state index in [2.05, 4.69) is 60.3 Å². The highest BCUT2D eigenvalue weighted by atomic mass is 32.2. The fourth-order valence-corrected chi connectivity index (χ4v) is 3.40. The van der Waals surface area contributed by atoms with Crippen molar-refractivity contribution in [1.29, 1.82) is 0 Å². The van der Waals surface area contributed by atoms with Crippen LogP contribution in [0.25, 0.3) is 0 Å². The number of hydrogen-bond donors (Lipinski definition) is 3. The van der Waals surface area contributed by atoms with E-state index in [1.54, 1.807) is 11.8 Å². The van der Waals surface area contributed by atoms with Gasteiger partial charge in [-0.05, 0) is 49.2 Å². The summed E-state index contributed by atoms with van der Waals surface area (Å²) >= 11 is 6.85. The zero-order valence-corrected chi connectivity index (χ0v) is 17.0. The summed E-state index contributed by atoms with van der Waals surface area (Å²) in [4.78, 5) is 12.0. The van der Waals surface area contributed by atoms with Crippen LogP contribution >= 0.6 is 24.0 Å². The molecule has 4 nitrogen and oxygen atoms in total. The average molecular weight is 388 g/mol. The minimum atomic E-state index is -0.105. The SMILES string of the molecule is CCc1cccc(C)c1NC(=S)NNC(=O)CSCc1ccc(C)cc1. The summed E-state index contributed by atoms with van der Waals surface area (Å²) in [6, 6.07) is 14.5. The van der Waals surface area contributed by atoms with Crippen molar-refractivity contribution in [2.45, 2.75) is 32.9 Å². The van der Waals surface area contributed by atoms with Gasteiger partial charge in [-0.3, -0.25) is 15.6 Å². The van der Waals surface area contributed by atoms with Crippen LogP contribution < -0.4 is 16.2 Å². The van der Waals surface area contributed by atoms with Crippen molar-refractivity contribution in [3.05, 3.63) is 64.7 Å². The van der Waals surface area contributed by atoms with Crippen molar-refractivity contribution in [2.24, 2.45) is 0 Å². The molecule has 0 atom stereocenters. The number of aryl methyl sites for hydroxylation is 3. The number of hydrogen-bond acceptors (Lipinski definition) is 3. The number of thiocarbonyl (C=S) groups is 1. The lowest BCUT2D eigenvalue weighted by Gasteiger charge is -2.16. The molecule has 0 unspecified atom stereocenters. The van der Waals surface area contributed by atoms with Crippen LogP contribution in [0.5, 0.6) is 0 Å². The van der Waals surface area contributed by atoms with Gasteiger partial charge in [-0.15, -0.1) is 11.8 Å². The molecule has 0 fully saturated rings. The van der Waals surface area contributed by atoms with Crippen LogP contribution in [0.3, 0.4) is 0 Å². The largest absolute Gasteiger partial charge is 0.331 e. The topological polar surface area (TPSA) is 53.2 Å². The molecule has 0 aliphatic rings. The van der Waals surface area contributed by atoms with Gasteiger partial charge in [0, 0.05) is 11.4 Å². The van der Waals surface area contributed by atoms with Crippen LogP contribution in [0, 0.1) is 13.8 Å². The molecular weight excluding hydrogens is 362 g/mol. The van der Waals surface area contributed by atoms with E-state index in [0.717, 1.165) is 23.4 Å². The first-order valence-corrected chi connectivity index (χ1v) is 10.1. The molecule has 0 saturated heterocycles. The summed E-state index contributed by atoms with van der Waals surface area (Å²) in [5.41, 5.74) is 11.2. The van der Waals surface area contributed by atoms with Crippen molar-refractivity contribution in [1.82, 2.24) is 10.9 Å². The standard InChI is InChI=1S/C20H25N3OS2/c1-4-17-7-5-6-15(3)19(17)21-20(25)23-22-18(24)13-26-12-16-10-8-14(2)9-11-16/h5-11H,4,12-13H2,1-3H3,(H,22,24)(H2,21,23,25). The second-order valence-electron chi connectivity index (χ2n) is 6.07. The fourth-order valence-electron chi connectivity index (χ4n) is 2.46. The molecule has 0 radical (unpaired) electrons. The lowest BCUT2D eigenvalue weighted by molar-refractivity contribution is -0.119. The van der Waals surface area contributed by atoms with E-state index in [4.69, 9.17) is 12.2 Å². The molecule has 2 aromatic rings. The molecule has 0 aliphatic carbocycles. The maximum absolute atomic E-state index is 12.0. The molecule has 2 rings (SSSR count). The highest BCUT2D eigenvalue weighted by Gasteiger charge is 2.07. The third-order valence-electron chi connectivity index (χ3n) is 3.92. The minimum Gasteiger partial charge on any atom is -0.331 e. The van der Waals surface area contributed by atoms with Gasteiger partial charge in [0.25, 0.3) is 0 Å². The zero-order valence-electron chi connectivity index (χ0n) is 15.4. The monoisotopic (exact) mass is 387 g/mol. The van der Waals surface area contributed by atoms with Crippen LogP contribution in [0.2, 0.25) is 0 Å². The van der Waals surface area contributed by atoms with E-state index in [1.807, 2.05) is 19.1 Å². The number of amides is 1. The molecule has 0 bridgehead atoms. The van der Waals surface area contributed by atoms with Gasteiger partial charge in [-0.2, -0.15) is 0 Å². The minimum absolute atomic E-state index is 0.105. The fraction of sp³-hybridized carbons (Fsp3) is 0.300. The van der Waals surface area contributed by atoms with E-state index >= 15 is 0 Å². The molecule has 0 heterocycles. The van der Waals surface area contributed by atoms with Crippen molar-refractivity contribution < 1.29 is 4.79 Å². The second-order valence-corrected chi connectivity index (χ2v) is 7.46. The third-order valence-corrected chi connectivity index (χ3v) is 5.12. The summed E-state index contributed by atoms with van der Waals surface area (Å²) in [5, 5.41) is 3.55. The normalized spacial score (nSPS) is 10.3. The van der Waals surface area contributed by atoms with Gasteiger partial charge in [0.05, 0.1) is 5.75 Å². The molecule has 1 amide bonds. The molecule has 0 aliphatic heterocycles. The third kappa shape index (κ3) is 6.35. The van der Waals surface area contributed by atoms with Gasteiger partial charge in [0.15, 0.2) is 5.11 Å². The van der Waals surface area contributed by atoms with Crippen molar-refractivity contribution >= 4 is 40.7 Å². The quantitative estimate of drug-likeness (QED) is 0.514. The van der Waals surface area contributed by atoms with E-state index in [9.17, 15) is 4.79 Å². The summed E-state index contributed by atoms with van der Waals surface area (Å²) < 4.78 is 0. The van der Waals surface area contributed by atoms with E-state index < -0.39 is 0 Å². The van der Waals surface area contributed by atoms with E-state index in [0.29, 0.717) is 10.9 Å². The Morgan fingerprint density at radius 1 is 1.08 bits per heavy atom. The Morgan fingerprint density at radius 2 is 1.81 bits per heavy atom. The Kier molecular flexibility index (Phi) is 7.94. The van der Waals surface area contributed by atoms with Crippen LogP contribution in [-0.2, 0) is 17.0 Å². The number of benzene rings is 2. The Hall–Kier alpha value is -2.05. The van der Waals surface area contributed by atoms with Crippen molar-refractivity contribution in [3.63, 3.8) is 0 Å². The first-order chi connectivity index (χ1) is 12.5. The number of hydrazine groups is 1. The number of anilines is 1. The molecule has 26 heavy (non-hydrogen) atoms. The lowest BCUT2D eigenvalue weighted by Crippen LogP contribution is -2.44. The average Bonchev–Trinajstić information content (AvgIpc) is 2.63. The van der Waals surface area contributed by atoms with Crippen LogP contribution in [0.15, 0.2) is 42.5 Å². The van der Waals surface area contributed by atoms with E-state index in [-0.39, 0.29) is 5.91 Å². The van der Waals surface area contributed by atoms with Crippen molar-refractivity contribution in [2.75, 3.05) is 11.1 Å². The highest BCUT2D eigenvalue weighted by Crippen LogP contribution is 2.20. The van der Waals surface area contributed by atoms with Gasteiger partial charge < -0.3 is 5.32 Å².